The van der Waals surface area contributed by atoms with Crippen LogP contribution < -0.4 is 10.5 Å². The molecule has 3 N–H and O–H groups in total. The van der Waals surface area contributed by atoms with Crippen LogP contribution in [-0.2, 0) is 19.6 Å². The Hall–Kier alpha value is -2.30. The number of primary sulfonamides is 1. The number of amides is 1. The fourth-order valence-corrected chi connectivity index (χ4v) is 2.61. The van der Waals surface area contributed by atoms with Gasteiger partial charge in [-0.15, -0.1) is 0 Å². The van der Waals surface area contributed by atoms with Gasteiger partial charge in [0.15, 0.2) is 6.61 Å². The predicted molar refractivity (Wildman–Crippen MR) is 88.7 cm³/mol. The Morgan fingerprint density at radius 2 is 2.00 bits per heavy atom. The number of nitrogens with zero attached hydrogens (tertiary/aromatic N) is 1. The Bertz CT molecular complexity index is 885. The highest BCUT2D eigenvalue weighted by Crippen LogP contribution is 2.14. The summed E-state index contributed by atoms with van der Waals surface area (Å²) >= 11 is 3.17. The lowest BCUT2D eigenvalue weighted by molar-refractivity contribution is -0.119. The number of rotatable bonds is 5. The molecule has 0 aliphatic carbocycles. The van der Waals surface area contributed by atoms with E-state index in [2.05, 4.69) is 26.2 Å². The lowest BCUT2D eigenvalue weighted by Crippen LogP contribution is -2.21. The van der Waals surface area contributed by atoms with Gasteiger partial charge in [-0.3, -0.25) is 9.78 Å². The third-order valence-corrected chi connectivity index (χ3v) is 4.07. The van der Waals surface area contributed by atoms with Crippen molar-refractivity contribution in [1.29, 1.82) is 0 Å². The van der Waals surface area contributed by atoms with Gasteiger partial charge in [0, 0.05) is 22.6 Å². The number of nitrogens with two attached hydrogens (primary N) is 1. The van der Waals surface area contributed by atoms with Crippen LogP contribution in [0.2, 0.25) is 0 Å². The van der Waals surface area contributed by atoms with Crippen molar-refractivity contribution in [3.63, 3.8) is 0 Å². The zero-order valence-electron chi connectivity index (χ0n) is 12.1. The molecule has 2 aromatic rings. The van der Waals surface area contributed by atoms with E-state index in [1.54, 1.807) is 0 Å². The van der Waals surface area contributed by atoms with Gasteiger partial charge in [-0.1, -0.05) is 6.07 Å². The topological polar surface area (TPSA) is 128 Å². The molecule has 0 unspecified atom stereocenters. The molecule has 1 aromatic heterocycles. The van der Waals surface area contributed by atoms with Gasteiger partial charge in [0.2, 0.25) is 10.0 Å². The number of ether oxygens (including phenoxy) is 1. The van der Waals surface area contributed by atoms with E-state index in [-0.39, 0.29) is 16.1 Å². The van der Waals surface area contributed by atoms with Gasteiger partial charge >= 0.3 is 5.97 Å². The lowest BCUT2D eigenvalue weighted by Gasteiger charge is -2.07. The van der Waals surface area contributed by atoms with E-state index in [1.165, 1.54) is 42.7 Å². The standard InChI is InChI=1S/C14H12BrN3O5S/c15-10-4-9(6-17-7-10)14(20)23-8-13(19)18-11-2-1-3-12(5-11)24(16,21)22/h1-7H,8H2,(H,18,19)(H2,16,21,22). The second kappa shape index (κ2) is 7.51. The van der Waals surface area contributed by atoms with Crippen molar-refractivity contribution in [3.05, 3.63) is 52.8 Å². The molecule has 1 amide bonds. The Morgan fingerprint density at radius 3 is 2.67 bits per heavy atom. The molecule has 0 atom stereocenters. The third-order valence-electron chi connectivity index (χ3n) is 2.72. The Balaban J connectivity index is 1.95. The summed E-state index contributed by atoms with van der Waals surface area (Å²) in [5.74, 6) is -1.34. The number of benzene rings is 1. The Morgan fingerprint density at radius 1 is 1.25 bits per heavy atom. The second-order valence-corrected chi connectivity index (χ2v) is 7.07. The van der Waals surface area contributed by atoms with Crippen LogP contribution in [0, 0.1) is 0 Å². The van der Waals surface area contributed by atoms with Crippen LogP contribution in [0.1, 0.15) is 10.4 Å². The Labute approximate surface area is 146 Å². The summed E-state index contributed by atoms with van der Waals surface area (Å²) in [4.78, 5) is 27.2. The highest BCUT2D eigenvalue weighted by molar-refractivity contribution is 9.10. The number of halogens is 1. The van der Waals surface area contributed by atoms with Gasteiger partial charge < -0.3 is 10.1 Å². The third kappa shape index (κ3) is 5.11. The number of sulfonamides is 1. The number of esters is 1. The summed E-state index contributed by atoms with van der Waals surface area (Å²) in [6.07, 6.45) is 2.81. The summed E-state index contributed by atoms with van der Waals surface area (Å²) in [6.45, 7) is -0.537. The Kier molecular flexibility index (Phi) is 5.65. The molecule has 0 saturated carbocycles. The smallest absolute Gasteiger partial charge is 0.340 e. The van der Waals surface area contributed by atoms with Crippen LogP contribution in [0.3, 0.4) is 0 Å². The number of carbonyl (C=O) groups excluding carboxylic acids is 2. The number of carbonyl (C=O) groups is 2. The van der Waals surface area contributed by atoms with E-state index in [1.807, 2.05) is 0 Å². The van der Waals surface area contributed by atoms with Crippen LogP contribution in [0.5, 0.6) is 0 Å². The zero-order chi connectivity index (χ0) is 17.7. The largest absolute Gasteiger partial charge is 0.452 e. The van der Waals surface area contributed by atoms with Gasteiger partial charge in [0.25, 0.3) is 5.91 Å². The molecule has 8 nitrogen and oxygen atoms in total. The minimum Gasteiger partial charge on any atom is -0.452 e. The number of hydrogen-bond acceptors (Lipinski definition) is 6. The van der Waals surface area contributed by atoms with Crippen molar-refractivity contribution in [2.45, 2.75) is 4.90 Å². The lowest BCUT2D eigenvalue weighted by atomic mass is 10.3. The van der Waals surface area contributed by atoms with Crippen molar-refractivity contribution in [2.24, 2.45) is 5.14 Å². The van der Waals surface area contributed by atoms with E-state index in [0.29, 0.717) is 4.47 Å². The first-order chi connectivity index (χ1) is 11.3. The molecular formula is C14H12BrN3O5S. The van der Waals surface area contributed by atoms with Gasteiger partial charge in [0.05, 0.1) is 10.5 Å². The van der Waals surface area contributed by atoms with Crippen molar-refractivity contribution in [2.75, 3.05) is 11.9 Å². The van der Waals surface area contributed by atoms with Crippen LogP contribution in [0.15, 0.2) is 52.1 Å². The molecule has 126 valence electrons. The maximum atomic E-state index is 11.8. The number of hydrogen-bond donors (Lipinski definition) is 2. The predicted octanol–water partition coefficient (Wildman–Crippen LogP) is 1.29. The first-order valence-corrected chi connectivity index (χ1v) is 8.80. The summed E-state index contributed by atoms with van der Waals surface area (Å²) in [6, 6.07) is 6.91. The maximum Gasteiger partial charge on any atom is 0.340 e. The van der Waals surface area contributed by atoms with E-state index in [4.69, 9.17) is 9.88 Å². The molecule has 1 heterocycles. The molecule has 1 aromatic carbocycles. The number of nitrogens with one attached hydrogen (secondary N) is 1. The van der Waals surface area contributed by atoms with Crippen molar-refractivity contribution in [3.8, 4) is 0 Å². The second-order valence-electron chi connectivity index (χ2n) is 4.59. The maximum absolute atomic E-state index is 11.8. The average Bonchev–Trinajstić information content (AvgIpc) is 2.52. The molecular weight excluding hydrogens is 402 g/mol. The molecule has 10 heteroatoms. The number of anilines is 1. The normalized spacial score (nSPS) is 10.9. The molecule has 0 aliphatic heterocycles. The van der Waals surface area contributed by atoms with Gasteiger partial charge in [-0.2, -0.15) is 0 Å². The van der Waals surface area contributed by atoms with Gasteiger partial charge in [0.1, 0.15) is 0 Å². The van der Waals surface area contributed by atoms with Crippen LogP contribution in [0.4, 0.5) is 5.69 Å². The molecule has 0 bridgehead atoms. The average molecular weight is 414 g/mol. The molecule has 0 spiro atoms. The monoisotopic (exact) mass is 413 g/mol. The van der Waals surface area contributed by atoms with E-state index < -0.39 is 28.5 Å². The minimum atomic E-state index is -3.88. The van der Waals surface area contributed by atoms with E-state index in [0.717, 1.165) is 0 Å². The van der Waals surface area contributed by atoms with E-state index in [9.17, 15) is 18.0 Å². The molecule has 2 rings (SSSR count). The first kappa shape index (κ1) is 18.0. The summed E-state index contributed by atoms with van der Waals surface area (Å²) < 4.78 is 28.0. The van der Waals surface area contributed by atoms with Crippen molar-refractivity contribution >= 4 is 43.5 Å². The minimum absolute atomic E-state index is 0.141. The van der Waals surface area contributed by atoms with Gasteiger partial charge in [-0.05, 0) is 40.2 Å². The number of aromatic nitrogens is 1. The number of pyridine rings is 1. The molecule has 0 radical (unpaired) electrons. The van der Waals surface area contributed by atoms with Crippen LogP contribution in [-0.4, -0.2) is 31.9 Å². The van der Waals surface area contributed by atoms with Crippen LogP contribution in [0.25, 0.3) is 0 Å². The van der Waals surface area contributed by atoms with Gasteiger partial charge in [-0.25, -0.2) is 18.4 Å². The summed E-state index contributed by atoms with van der Waals surface area (Å²) in [7, 11) is -3.88. The molecule has 0 aliphatic rings. The van der Waals surface area contributed by atoms with Crippen LogP contribution >= 0.6 is 15.9 Å². The SMILES string of the molecule is NS(=O)(=O)c1cccc(NC(=O)COC(=O)c2cncc(Br)c2)c1. The highest BCUT2D eigenvalue weighted by Gasteiger charge is 2.13. The molecule has 0 fully saturated rings. The molecule has 24 heavy (non-hydrogen) atoms. The molecule has 0 saturated heterocycles. The highest BCUT2D eigenvalue weighted by atomic mass is 79.9. The summed E-state index contributed by atoms with van der Waals surface area (Å²) in [5.41, 5.74) is 0.403. The quantitative estimate of drug-likeness (QED) is 0.710. The zero-order valence-corrected chi connectivity index (χ0v) is 14.5. The van der Waals surface area contributed by atoms with Crippen molar-refractivity contribution in [1.82, 2.24) is 4.98 Å². The van der Waals surface area contributed by atoms with Crippen molar-refractivity contribution < 1.29 is 22.7 Å². The fourth-order valence-electron chi connectivity index (χ4n) is 1.69. The fraction of sp³-hybridized carbons (Fsp3) is 0.0714. The first-order valence-electron chi connectivity index (χ1n) is 6.46. The summed E-state index contributed by atoms with van der Waals surface area (Å²) in [5, 5.41) is 7.42. The van der Waals surface area contributed by atoms with E-state index >= 15 is 0 Å².